The Hall–Kier alpha value is -1.64. The summed E-state index contributed by atoms with van der Waals surface area (Å²) in [4.78, 5) is 1.43. The lowest BCUT2D eigenvalue weighted by molar-refractivity contribution is 0.607. The van der Waals surface area contributed by atoms with Crippen LogP contribution in [-0.2, 0) is 0 Å². The van der Waals surface area contributed by atoms with E-state index in [4.69, 9.17) is 0 Å². The highest BCUT2D eigenvalue weighted by Gasteiger charge is 2.18. The molecule has 0 fully saturated rings. The summed E-state index contributed by atoms with van der Waals surface area (Å²) in [5, 5.41) is 8.58. The van der Waals surface area contributed by atoms with Gasteiger partial charge in [0.1, 0.15) is 0 Å². The fraction of sp³-hybridized carbons (Fsp3) is 0.263. The van der Waals surface area contributed by atoms with Crippen LogP contribution in [0.5, 0.6) is 0 Å². The molecule has 108 valence electrons. The molecule has 0 saturated heterocycles. The minimum Gasteiger partial charge on any atom is -0.306 e. The quantitative estimate of drug-likeness (QED) is 0.673. The average Bonchev–Trinajstić information content (AvgIpc) is 2.94. The van der Waals surface area contributed by atoms with Crippen LogP contribution in [0.2, 0.25) is 0 Å². The maximum Gasteiger partial charge on any atom is 0.0679 e. The van der Waals surface area contributed by atoms with E-state index >= 15 is 0 Å². The van der Waals surface area contributed by atoms with Crippen molar-refractivity contribution in [2.75, 3.05) is 6.54 Å². The molecule has 0 saturated carbocycles. The van der Waals surface area contributed by atoms with E-state index in [9.17, 15) is 0 Å². The van der Waals surface area contributed by atoms with E-state index in [1.165, 1.54) is 26.8 Å². The van der Waals surface area contributed by atoms with E-state index in [2.05, 4.69) is 73.1 Å². The summed E-state index contributed by atoms with van der Waals surface area (Å²) in [6.07, 6.45) is 1.14. The molecule has 1 atom stereocenters. The second kappa shape index (κ2) is 6.42. The molecule has 2 heteroatoms. The zero-order chi connectivity index (χ0) is 14.7. The van der Waals surface area contributed by atoms with E-state index in [0.717, 1.165) is 13.0 Å². The van der Waals surface area contributed by atoms with Crippen LogP contribution >= 0.6 is 11.3 Å². The Morgan fingerprint density at radius 3 is 2.62 bits per heavy atom. The molecule has 1 nitrogen and oxygen atoms in total. The van der Waals surface area contributed by atoms with Crippen molar-refractivity contribution < 1.29 is 0 Å². The number of benzene rings is 2. The molecule has 0 amide bonds. The van der Waals surface area contributed by atoms with Crippen LogP contribution in [0.1, 0.15) is 35.4 Å². The van der Waals surface area contributed by atoms with E-state index in [1.54, 1.807) is 0 Å². The molecular weight excluding hydrogens is 274 g/mol. The van der Waals surface area contributed by atoms with Crippen LogP contribution in [-0.4, -0.2) is 6.54 Å². The third-order valence-corrected chi connectivity index (χ3v) is 4.98. The predicted octanol–water partition coefficient (Wildman–Crippen LogP) is 5.30. The average molecular weight is 295 g/mol. The van der Waals surface area contributed by atoms with Crippen LogP contribution in [0.4, 0.5) is 0 Å². The first-order chi connectivity index (χ1) is 10.3. The van der Waals surface area contributed by atoms with Gasteiger partial charge < -0.3 is 5.32 Å². The summed E-state index contributed by atoms with van der Waals surface area (Å²) in [5.74, 6) is 0. The van der Waals surface area contributed by atoms with Crippen LogP contribution in [0, 0.1) is 6.92 Å². The number of nitrogens with one attached hydrogen (secondary N) is 1. The van der Waals surface area contributed by atoms with Crippen LogP contribution in [0.25, 0.3) is 10.8 Å². The number of hydrogen-bond acceptors (Lipinski definition) is 2. The van der Waals surface area contributed by atoms with Crippen LogP contribution in [0.3, 0.4) is 0 Å². The van der Waals surface area contributed by atoms with Gasteiger partial charge in [-0.1, -0.05) is 49.4 Å². The van der Waals surface area contributed by atoms with Gasteiger partial charge in [0.15, 0.2) is 0 Å². The molecule has 0 aliphatic rings. The van der Waals surface area contributed by atoms with Crippen molar-refractivity contribution >= 4 is 22.1 Å². The zero-order valence-electron chi connectivity index (χ0n) is 12.6. The van der Waals surface area contributed by atoms with E-state index in [0.29, 0.717) is 0 Å². The largest absolute Gasteiger partial charge is 0.306 e. The Labute approximate surface area is 130 Å². The number of aryl methyl sites for hydroxylation is 1. The second-order valence-corrected chi connectivity index (χ2v) is 6.37. The molecule has 1 heterocycles. The molecule has 0 aliphatic heterocycles. The Kier molecular flexibility index (Phi) is 4.37. The Morgan fingerprint density at radius 2 is 1.86 bits per heavy atom. The first-order valence-electron chi connectivity index (χ1n) is 7.56. The maximum atomic E-state index is 3.73. The first-order valence-corrected chi connectivity index (χ1v) is 8.44. The van der Waals surface area contributed by atoms with Crippen molar-refractivity contribution in [2.45, 2.75) is 26.3 Å². The smallest absolute Gasteiger partial charge is 0.0679 e. The van der Waals surface area contributed by atoms with Gasteiger partial charge >= 0.3 is 0 Å². The van der Waals surface area contributed by atoms with Crippen LogP contribution in [0.15, 0.2) is 53.9 Å². The van der Waals surface area contributed by atoms with E-state index in [1.807, 2.05) is 11.3 Å². The highest BCUT2D eigenvalue weighted by Crippen LogP contribution is 2.33. The van der Waals surface area contributed by atoms with Crippen molar-refractivity contribution in [3.8, 4) is 0 Å². The molecule has 1 unspecified atom stereocenters. The third kappa shape index (κ3) is 2.87. The van der Waals surface area contributed by atoms with Crippen molar-refractivity contribution in [1.29, 1.82) is 0 Å². The summed E-state index contributed by atoms with van der Waals surface area (Å²) < 4.78 is 0. The van der Waals surface area contributed by atoms with Gasteiger partial charge in [0.2, 0.25) is 0 Å². The first kappa shape index (κ1) is 14.3. The summed E-state index contributed by atoms with van der Waals surface area (Å²) in [6, 6.07) is 17.8. The van der Waals surface area contributed by atoms with Gasteiger partial charge in [0, 0.05) is 4.88 Å². The van der Waals surface area contributed by atoms with E-state index in [-0.39, 0.29) is 6.04 Å². The van der Waals surface area contributed by atoms with Gasteiger partial charge in [-0.25, -0.2) is 0 Å². The van der Waals surface area contributed by atoms with Crippen molar-refractivity contribution in [1.82, 2.24) is 5.32 Å². The summed E-state index contributed by atoms with van der Waals surface area (Å²) >= 11 is 1.85. The number of thiophene rings is 1. The Bertz CT molecular complexity index is 724. The Morgan fingerprint density at radius 1 is 1.05 bits per heavy atom. The van der Waals surface area contributed by atoms with Crippen molar-refractivity contribution in [3.05, 3.63) is 69.9 Å². The molecule has 21 heavy (non-hydrogen) atoms. The SMILES string of the molecule is CCCNC(c1sccc1C)c1cccc2ccccc12. The molecule has 0 radical (unpaired) electrons. The number of rotatable bonds is 5. The van der Waals surface area contributed by atoms with Gasteiger partial charge in [-0.15, -0.1) is 11.3 Å². The van der Waals surface area contributed by atoms with Gasteiger partial charge in [-0.3, -0.25) is 0 Å². The highest BCUT2D eigenvalue weighted by atomic mass is 32.1. The van der Waals surface area contributed by atoms with Gasteiger partial charge in [0.05, 0.1) is 6.04 Å². The minimum atomic E-state index is 0.288. The predicted molar refractivity (Wildman–Crippen MR) is 93.1 cm³/mol. The van der Waals surface area contributed by atoms with Crippen LogP contribution < -0.4 is 5.32 Å². The number of hydrogen-bond donors (Lipinski definition) is 1. The molecular formula is C19H21NS. The summed E-state index contributed by atoms with van der Waals surface area (Å²) in [5.41, 5.74) is 2.76. The monoisotopic (exact) mass is 295 g/mol. The van der Waals surface area contributed by atoms with Gasteiger partial charge in [-0.2, -0.15) is 0 Å². The highest BCUT2D eigenvalue weighted by molar-refractivity contribution is 7.10. The lowest BCUT2D eigenvalue weighted by Crippen LogP contribution is -2.23. The molecule has 0 aliphatic carbocycles. The van der Waals surface area contributed by atoms with Crippen molar-refractivity contribution in [2.24, 2.45) is 0 Å². The molecule has 0 spiro atoms. The topological polar surface area (TPSA) is 12.0 Å². The zero-order valence-corrected chi connectivity index (χ0v) is 13.4. The maximum absolute atomic E-state index is 3.73. The number of fused-ring (bicyclic) bond motifs is 1. The fourth-order valence-electron chi connectivity index (χ4n) is 2.81. The minimum absolute atomic E-state index is 0.288. The molecule has 1 N–H and O–H groups in total. The molecule has 3 rings (SSSR count). The lowest BCUT2D eigenvalue weighted by Gasteiger charge is -2.21. The van der Waals surface area contributed by atoms with E-state index < -0.39 is 0 Å². The lowest BCUT2D eigenvalue weighted by atomic mass is 9.96. The standard InChI is InChI=1S/C19H21NS/c1-3-12-20-18(19-14(2)11-13-21-19)17-10-6-8-15-7-4-5-9-16(15)17/h4-11,13,18,20H,3,12H2,1-2H3. The second-order valence-electron chi connectivity index (χ2n) is 5.42. The molecule has 3 aromatic rings. The van der Waals surface area contributed by atoms with Gasteiger partial charge in [0.25, 0.3) is 0 Å². The van der Waals surface area contributed by atoms with Gasteiger partial charge in [-0.05, 0) is 53.2 Å². The molecule has 0 bridgehead atoms. The summed E-state index contributed by atoms with van der Waals surface area (Å²) in [6.45, 7) is 5.46. The fourth-order valence-corrected chi connectivity index (χ4v) is 3.83. The molecule has 1 aromatic heterocycles. The van der Waals surface area contributed by atoms with Crippen molar-refractivity contribution in [3.63, 3.8) is 0 Å². The summed E-state index contributed by atoms with van der Waals surface area (Å²) in [7, 11) is 0. The molecule has 2 aromatic carbocycles. The Balaban J connectivity index is 2.12. The normalized spacial score (nSPS) is 12.7. The third-order valence-electron chi connectivity index (χ3n) is 3.90.